The van der Waals surface area contributed by atoms with E-state index in [2.05, 4.69) is 0 Å². The van der Waals surface area contributed by atoms with Gasteiger partial charge in [-0.2, -0.15) is 0 Å². The van der Waals surface area contributed by atoms with Gasteiger partial charge in [-0.25, -0.2) is 9.59 Å². The fourth-order valence-corrected chi connectivity index (χ4v) is 2.59. The van der Waals surface area contributed by atoms with Crippen molar-refractivity contribution in [3.63, 3.8) is 0 Å². The Morgan fingerprint density at radius 1 is 1.35 bits per heavy atom. The molecule has 0 aromatic heterocycles. The highest BCUT2D eigenvalue weighted by Crippen LogP contribution is 2.30. The van der Waals surface area contributed by atoms with Crippen LogP contribution in [0.4, 0.5) is 4.79 Å². The van der Waals surface area contributed by atoms with Gasteiger partial charge in [0.1, 0.15) is 6.04 Å². The number of methoxy groups -OCH3 is 2. The van der Waals surface area contributed by atoms with Crippen molar-refractivity contribution in [2.75, 3.05) is 33.9 Å². The summed E-state index contributed by atoms with van der Waals surface area (Å²) in [5.74, 6) is -0.972. The molecule has 0 spiro atoms. The molecule has 7 nitrogen and oxygen atoms in total. The number of carboxylic acids is 1. The summed E-state index contributed by atoms with van der Waals surface area (Å²) in [6.07, 6.45) is 2.10. The Labute approximate surface area is 118 Å². The summed E-state index contributed by atoms with van der Waals surface area (Å²) in [6, 6.07) is -0.776. The molecule has 114 valence electrons. The lowest BCUT2D eigenvalue weighted by Gasteiger charge is -2.30. The van der Waals surface area contributed by atoms with Crippen molar-refractivity contribution < 1.29 is 24.2 Å². The Morgan fingerprint density at radius 2 is 2.05 bits per heavy atom. The van der Waals surface area contributed by atoms with Gasteiger partial charge in [-0.15, -0.1) is 0 Å². The number of nitrogens with zero attached hydrogens (tertiary/aromatic N) is 2. The molecule has 2 aliphatic rings. The third kappa shape index (κ3) is 3.21. The van der Waals surface area contributed by atoms with Gasteiger partial charge in [0.25, 0.3) is 0 Å². The molecule has 7 heteroatoms. The van der Waals surface area contributed by atoms with E-state index >= 15 is 0 Å². The number of aliphatic carboxylic acids is 1. The third-order valence-electron chi connectivity index (χ3n) is 3.90. The molecule has 1 saturated carbocycles. The molecule has 0 bridgehead atoms. The molecule has 2 unspecified atom stereocenters. The first kappa shape index (κ1) is 15.1. The monoisotopic (exact) mass is 286 g/mol. The van der Waals surface area contributed by atoms with Gasteiger partial charge in [-0.1, -0.05) is 0 Å². The van der Waals surface area contributed by atoms with Crippen LogP contribution in [0.2, 0.25) is 0 Å². The zero-order chi connectivity index (χ0) is 14.7. The van der Waals surface area contributed by atoms with Crippen LogP contribution in [-0.4, -0.2) is 79.0 Å². The highest BCUT2D eigenvalue weighted by atomic mass is 16.5. The minimum absolute atomic E-state index is 0.205. The van der Waals surface area contributed by atoms with E-state index in [1.165, 1.54) is 4.90 Å². The second-order valence-electron chi connectivity index (χ2n) is 5.30. The summed E-state index contributed by atoms with van der Waals surface area (Å²) < 4.78 is 10.2. The third-order valence-corrected chi connectivity index (χ3v) is 3.90. The van der Waals surface area contributed by atoms with Crippen LogP contribution < -0.4 is 0 Å². The Hall–Kier alpha value is -1.34. The molecule has 2 rings (SSSR count). The van der Waals surface area contributed by atoms with Crippen molar-refractivity contribution >= 4 is 12.0 Å². The maximum Gasteiger partial charge on any atom is 0.326 e. The zero-order valence-corrected chi connectivity index (χ0v) is 11.9. The van der Waals surface area contributed by atoms with E-state index in [0.717, 1.165) is 12.8 Å². The number of carboxylic acid groups (broad SMARTS) is 1. The van der Waals surface area contributed by atoms with Crippen LogP contribution in [-0.2, 0) is 14.3 Å². The van der Waals surface area contributed by atoms with E-state index in [4.69, 9.17) is 9.47 Å². The normalized spacial score (nSPS) is 25.8. The van der Waals surface area contributed by atoms with Gasteiger partial charge in [0.15, 0.2) is 0 Å². The second-order valence-corrected chi connectivity index (χ2v) is 5.30. The molecule has 0 aromatic rings. The van der Waals surface area contributed by atoms with Gasteiger partial charge in [-0.05, 0) is 12.8 Å². The average Bonchev–Trinajstić information content (AvgIpc) is 3.16. The van der Waals surface area contributed by atoms with Crippen LogP contribution in [0.15, 0.2) is 0 Å². The van der Waals surface area contributed by atoms with Crippen molar-refractivity contribution in [3.05, 3.63) is 0 Å². The molecule has 1 N–H and O–H groups in total. The predicted octanol–water partition coefficient (Wildman–Crippen LogP) is 0.391. The lowest BCUT2D eigenvalue weighted by Crippen LogP contribution is -2.49. The Morgan fingerprint density at radius 3 is 2.55 bits per heavy atom. The fraction of sp³-hybridized carbons (Fsp3) is 0.846. The van der Waals surface area contributed by atoms with Crippen molar-refractivity contribution in [3.8, 4) is 0 Å². The van der Waals surface area contributed by atoms with Gasteiger partial charge in [0, 0.05) is 39.8 Å². The zero-order valence-electron chi connectivity index (χ0n) is 11.9. The molecule has 1 aliphatic carbocycles. The van der Waals surface area contributed by atoms with Gasteiger partial charge in [0.2, 0.25) is 0 Å². The lowest BCUT2D eigenvalue weighted by molar-refractivity contribution is -0.141. The quantitative estimate of drug-likeness (QED) is 0.764. The van der Waals surface area contributed by atoms with Gasteiger partial charge >= 0.3 is 12.0 Å². The van der Waals surface area contributed by atoms with Crippen molar-refractivity contribution in [2.24, 2.45) is 0 Å². The number of urea groups is 1. The number of carbonyl (C=O) groups is 2. The minimum atomic E-state index is -0.972. The van der Waals surface area contributed by atoms with E-state index in [1.807, 2.05) is 0 Å². The number of carbonyl (C=O) groups excluding carboxylic acids is 1. The first-order valence-corrected chi connectivity index (χ1v) is 6.90. The fourth-order valence-electron chi connectivity index (χ4n) is 2.59. The maximum atomic E-state index is 12.6. The Bertz CT molecular complexity index is 372. The van der Waals surface area contributed by atoms with Crippen LogP contribution in [0, 0.1) is 0 Å². The minimum Gasteiger partial charge on any atom is -0.480 e. The molecular formula is C13H22N2O5. The Kier molecular flexibility index (Phi) is 4.82. The highest BCUT2D eigenvalue weighted by Gasteiger charge is 2.44. The van der Waals surface area contributed by atoms with Crippen LogP contribution >= 0.6 is 0 Å². The molecule has 1 aliphatic heterocycles. The van der Waals surface area contributed by atoms with E-state index in [1.54, 1.807) is 19.1 Å². The summed E-state index contributed by atoms with van der Waals surface area (Å²) in [7, 11) is 3.13. The summed E-state index contributed by atoms with van der Waals surface area (Å²) in [5, 5.41) is 9.27. The number of rotatable bonds is 6. The van der Waals surface area contributed by atoms with E-state index < -0.39 is 12.0 Å². The second kappa shape index (κ2) is 6.41. The molecule has 2 fully saturated rings. The number of likely N-dealkylation sites (tertiary alicyclic amines) is 1. The van der Waals surface area contributed by atoms with E-state index in [0.29, 0.717) is 26.1 Å². The van der Waals surface area contributed by atoms with Gasteiger partial charge in [0.05, 0.1) is 12.7 Å². The largest absolute Gasteiger partial charge is 0.480 e. The summed E-state index contributed by atoms with van der Waals surface area (Å²) in [4.78, 5) is 27.0. The average molecular weight is 286 g/mol. The summed E-state index contributed by atoms with van der Waals surface area (Å²) >= 11 is 0. The number of amides is 2. The van der Waals surface area contributed by atoms with Crippen LogP contribution in [0.1, 0.15) is 19.3 Å². The lowest BCUT2D eigenvalue weighted by atomic mass is 10.2. The molecule has 2 atom stereocenters. The SMILES string of the molecule is COCCN(C(=O)N1CC(OC)CC1C(=O)O)C1CC1. The molecule has 1 saturated heterocycles. The molecule has 1 heterocycles. The number of hydrogen-bond donors (Lipinski definition) is 1. The van der Waals surface area contributed by atoms with E-state index in [-0.39, 0.29) is 18.2 Å². The standard InChI is InChI=1S/C13H22N2O5/c1-19-6-5-14(9-3-4-9)13(18)15-8-10(20-2)7-11(15)12(16)17/h9-11H,3-8H2,1-2H3,(H,16,17). The topological polar surface area (TPSA) is 79.3 Å². The summed E-state index contributed by atoms with van der Waals surface area (Å²) in [5.41, 5.74) is 0. The Balaban J connectivity index is 2.06. The van der Waals surface area contributed by atoms with Crippen molar-refractivity contribution in [2.45, 2.75) is 37.5 Å². The van der Waals surface area contributed by atoms with E-state index in [9.17, 15) is 14.7 Å². The van der Waals surface area contributed by atoms with Gasteiger partial charge in [-0.3, -0.25) is 0 Å². The van der Waals surface area contributed by atoms with Crippen molar-refractivity contribution in [1.29, 1.82) is 0 Å². The predicted molar refractivity (Wildman–Crippen MR) is 70.5 cm³/mol. The van der Waals surface area contributed by atoms with Crippen molar-refractivity contribution in [1.82, 2.24) is 9.80 Å². The smallest absolute Gasteiger partial charge is 0.326 e. The summed E-state index contributed by atoms with van der Waals surface area (Å²) in [6.45, 7) is 1.30. The van der Waals surface area contributed by atoms with Gasteiger partial charge < -0.3 is 24.4 Å². The first-order chi connectivity index (χ1) is 9.58. The molecule has 2 amide bonds. The van der Waals surface area contributed by atoms with Crippen LogP contribution in [0.3, 0.4) is 0 Å². The molecular weight excluding hydrogens is 264 g/mol. The number of hydrogen-bond acceptors (Lipinski definition) is 4. The maximum absolute atomic E-state index is 12.6. The highest BCUT2D eigenvalue weighted by molar-refractivity contribution is 5.84. The van der Waals surface area contributed by atoms with Crippen LogP contribution in [0.5, 0.6) is 0 Å². The first-order valence-electron chi connectivity index (χ1n) is 6.90. The molecule has 20 heavy (non-hydrogen) atoms. The number of ether oxygens (including phenoxy) is 2. The van der Waals surface area contributed by atoms with Crippen LogP contribution in [0.25, 0.3) is 0 Å². The molecule has 0 radical (unpaired) electrons. The molecule has 0 aromatic carbocycles.